The average molecular weight is 244 g/mol. The van der Waals surface area contributed by atoms with Gasteiger partial charge in [-0.2, -0.15) is 0 Å². The molecule has 0 fully saturated rings. The van der Waals surface area contributed by atoms with Crippen molar-refractivity contribution < 1.29 is 9.90 Å². The molecule has 2 heterocycles. The number of hydrogen-bond acceptors (Lipinski definition) is 4. The summed E-state index contributed by atoms with van der Waals surface area (Å²) in [5, 5.41) is 10.9. The fourth-order valence-electron chi connectivity index (χ4n) is 1.92. The van der Waals surface area contributed by atoms with Gasteiger partial charge in [0, 0.05) is 11.1 Å². The second-order valence-corrected chi connectivity index (χ2v) is 4.72. The molecule has 0 aromatic heterocycles. The maximum Gasteiger partial charge on any atom is 0.356 e. The first-order valence-corrected chi connectivity index (χ1v) is 5.90. The molecule has 0 bridgehead atoms. The predicted molar refractivity (Wildman–Crippen MR) is 68.0 cm³/mol. The molecule has 2 aliphatic heterocycles. The van der Waals surface area contributed by atoms with Gasteiger partial charge in [0.25, 0.3) is 0 Å². The average Bonchev–Trinajstić information content (AvgIpc) is 2.62. The van der Waals surface area contributed by atoms with E-state index >= 15 is 0 Å². The normalized spacial score (nSPS) is 28.8. The van der Waals surface area contributed by atoms with Gasteiger partial charge >= 0.3 is 5.97 Å². The minimum Gasteiger partial charge on any atom is -0.476 e. The first kappa shape index (κ1) is 10.3. The Hall–Kier alpha value is -1.88. The largest absolute Gasteiger partial charge is 0.476 e. The maximum absolute atomic E-state index is 10.9. The Morgan fingerprint density at radius 3 is 3.18 bits per heavy atom. The van der Waals surface area contributed by atoms with Crippen LogP contribution in [0.3, 0.4) is 0 Å². The second-order valence-electron chi connectivity index (χ2n) is 3.77. The van der Waals surface area contributed by atoms with Crippen molar-refractivity contribution in [2.24, 2.45) is 15.4 Å². The third kappa shape index (κ3) is 1.43. The summed E-state index contributed by atoms with van der Waals surface area (Å²) in [6.07, 6.45) is 10.7. The highest BCUT2D eigenvalue weighted by atomic mass is 32.2. The Morgan fingerprint density at radius 1 is 1.47 bits per heavy atom. The summed E-state index contributed by atoms with van der Waals surface area (Å²) in [5.74, 6) is -1.07. The molecule has 1 aliphatic carbocycles. The molecule has 0 aromatic carbocycles. The number of carboxylic acids is 1. The number of carboxylic acid groups (broad SMARTS) is 1. The van der Waals surface area contributed by atoms with Crippen LogP contribution in [-0.4, -0.2) is 23.0 Å². The van der Waals surface area contributed by atoms with Gasteiger partial charge in [-0.25, -0.2) is 4.79 Å². The van der Waals surface area contributed by atoms with E-state index in [4.69, 9.17) is 5.11 Å². The van der Waals surface area contributed by atoms with E-state index in [-0.39, 0.29) is 5.70 Å². The first-order chi connectivity index (χ1) is 8.22. The van der Waals surface area contributed by atoms with Gasteiger partial charge in [0.15, 0.2) is 5.70 Å². The topological polar surface area (TPSA) is 62.0 Å². The molecular weight excluding hydrogens is 236 g/mol. The zero-order valence-electron chi connectivity index (χ0n) is 8.70. The molecule has 1 spiro atoms. The van der Waals surface area contributed by atoms with Crippen LogP contribution in [0.5, 0.6) is 0 Å². The highest BCUT2D eigenvalue weighted by Crippen LogP contribution is 2.46. The summed E-state index contributed by atoms with van der Waals surface area (Å²) < 4.78 is 0. The number of nitrogens with zero attached hydrogens (tertiary/aromatic N) is 2. The number of rotatable bonds is 1. The lowest BCUT2D eigenvalue weighted by molar-refractivity contribution is -0.132. The molecule has 4 nitrogen and oxygen atoms in total. The van der Waals surface area contributed by atoms with Crippen molar-refractivity contribution in [3.8, 4) is 0 Å². The third-order valence-electron chi connectivity index (χ3n) is 2.81. The molecule has 0 saturated heterocycles. The fourth-order valence-corrected chi connectivity index (χ4v) is 2.92. The summed E-state index contributed by atoms with van der Waals surface area (Å²) in [5.41, 5.74) is 0.295. The van der Waals surface area contributed by atoms with Crippen molar-refractivity contribution in [1.82, 2.24) is 0 Å². The van der Waals surface area contributed by atoms with Crippen LogP contribution in [0.4, 0.5) is 0 Å². The molecule has 0 saturated carbocycles. The van der Waals surface area contributed by atoms with Crippen LogP contribution in [0.2, 0.25) is 0 Å². The van der Waals surface area contributed by atoms with Crippen molar-refractivity contribution in [3.63, 3.8) is 0 Å². The van der Waals surface area contributed by atoms with Crippen molar-refractivity contribution >= 4 is 29.7 Å². The number of carbonyl (C=O) groups is 1. The lowest BCUT2D eigenvalue weighted by Gasteiger charge is -2.25. The van der Waals surface area contributed by atoms with Crippen molar-refractivity contribution in [2.45, 2.75) is 0 Å². The molecule has 0 aromatic rings. The first-order valence-electron chi connectivity index (χ1n) is 5.02. The second kappa shape index (κ2) is 3.56. The summed E-state index contributed by atoms with van der Waals surface area (Å²) in [6.45, 7) is 0. The molecule has 3 rings (SSSR count). The van der Waals surface area contributed by atoms with Crippen molar-refractivity contribution in [1.29, 1.82) is 0 Å². The number of thioether (sulfide) groups is 1. The summed E-state index contributed by atoms with van der Waals surface area (Å²) in [7, 11) is 0. The van der Waals surface area contributed by atoms with E-state index in [0.29, 0.717) is 0 Å². The molecule has 1 atom stereocenters. The molecule has 84 valence electrons. The quantitative estimate of drug-likeness (QED) is 0.768. The van der Waals surface area contributed by atoms with Gasteiger partial charge in [0.05, 0.1) is 17.3 Å². The molecule has 17 heavy (non-hydrogen) atoms. The van der Waals surface area contributed by atoms with Crippen LogP contribution in [0.25, 0.3) is 0 Å². The molecule has 0 amide bonds. The van der Waals surface area contributed by atoms with Crippen LogP contribution in [0.1, 0.15) is 0 Å². The van der Waals surface area contributed by atoms with E-state index < -0.39 is 11.4 Å². The lowest BCUT2D eigenvalue weighted by atomic mass is 9.81. The zero-order valence-corrected chi connectivity index (χ0v) is 9.52. The standard InChI is InChI=1S/C12H8N2O2S/c15-11(16)8-6-13-9-2-1-3-10-12(9,7-14-8)4-5-17-10/h1-7H,(H,15,16). The lowest BCUT2D eigenvalue weighted by Crippen LogP contribution is -2.30. The molecule has 0 radical (unpaired) electrons. The van der Waals surface area contributed by atoms with Gasteiger partial charge in [-0.05, 0) is 11.5 Å². The molecule has 1 N–H and O–H groups in total. The number of aliphatic carboxylic acids is 1. The predicted octanol–water partition coefficient (Wildman–Crippen LogP) is 2.14. The third-order valence-corrected chi connectivity index (χ3v) is 3.81. The molecule has 1 unspecified atom stereocenters. The van der Waals surface area contributed by atoms with Crippen LogP contribution >= 0.6 is 11.8 Å². The Morgan fingerprint density at radius 2 is 2.35 bits per heavy atom. The zero-order chi connectivity index (χ0) is 11.9. The monoisotopic (exact) mass is 244 g/mol. The molecular formula is C12H8N2O2S. The minimum absolute atomic E-state index is 0.0423. The minimum atomic E-state index is -1.07. The fraction of sp³-hybridized carbons (Fsp3) is 0.0833. The van der Waals surface area contributed by atoms with E-state index in [0.717, 1.165) is 10.6 Å². The van der Waals surface area contributed by atoms with E-state index in [9.17, 15) is 4.79 Å². The van der Waals surface area contributed by atoms with E-state index in [1.807, 2.05) is 29.7 Å². The van der Waals surface area contributed by atoms with Gasteiger partial charge in [0.2, 0.25) is 0 Å². The Labute approximate surface area is 102 Å². The van der Waals surface area contributed by atoms with E-state index in [2.05, 4.69) is 9.98 Å². The highest BCUT2D eigenvalue weighted by Gasteiger charge is 2.40. The summed E-state index contributed by atoms with van der Waals surface area (Å²) >= 11 is 1.61. The Bertz CT molecular complexity index is 581. The van der Waals surface area contributed by atoms with Gasteiger partial charge in [-0.15, -0.1) is 11.8 Å². The summed E-state index contributed by atoms with van der Waals surface area (Å²) in [4.78, 5) is 20.3. The van der Waals surface area contributed by atoms with Crippen LogP contribution < -0.4 is 0 Å². The number of aliphatic imine (C=N–C) groups is 2. The van der Waals surface area contributed by atoms with Crippen molar-refractivity contribution in [2.75, 3.05) is 0 Å². The van der Waals surface area contributed by atoms with E-state index in [1.54, 1.807) is 18.0 Å². The van der Waals surface area contributed by atoms with Crippen LogP contribution in [0.15, 0.2) is 56.5 Å². The molecule has 5 heteroatoms. The van der Waals surface area contributed by atoms with E-state index in [1.165, 1.54) is 6.20 Å². The summed E-state index contributed by atoms with van der Waals surface area (Å²) in [6, 6.07) is 0. The van der Waals surface area contributed by atoms with Gasteiger partial charge in [-0.3, -0.25) is 9.98 Å². The number of allylic oxidation sites excluding steroid dienone is 5. The maximum atomic E-state index is 10.9. The van der Waals surface area contributed by atoms with Crippen LogP contribution in [0, 0.1) is 5.41 Å². The number of hydrogen-bond donors (Lipinski definition) is 1. The van der Waals surface area contributed by atoms with Gasteiger partial charge < -0.3 is 5.11 Å². The van der Waals surface area contributed by atoms with Gasteiger partial charge in [0.1, 0.15) is 0 Å². The smallest absolute Gasteiger partial charge is 0.356 e. The SMILES string of the molecule is O=C(O)C1=CN=C2C=CC=C3SC=CC32C=N1. The van der Waals surface area contributed by atoms with Crippen molar-refractivity contribution in [3.05, 3.63) is 46.5 Å². The Kier molecular flexibility index (Phi) is 2.16. The molecule has 3 aliphatic rings. The Balaban J connectivity index is 2.16. The van der Waals surface area contributed by atoms with Gasteiger partial charge in [-0.1, -0.05) is 18.2 Å². The highest BCUT2D eigenvalue weighted by molar-refractivity contribution is 8.06. The van der Waals surface area contributed by atoms with Crippen LogP contribution in [-0.2, 0) is 4.79 Å².